The molecule has 4 nitrogen and oxygen atoms in total. The van der Waals surface area contributed by atoms with Crippen LogP contribution in [0.25, 0.3) is 0 Å². The number of amides is 1. The second-order valence-electron chi connectivity index (χ2n) is 5.97. The highest BCUT2D eigenvalue weighted by atomic mass is 16.2. The lowest BCUT2D eigenvalue weighted by Gasteiger charge is -2.26. The van der Waals surface area contributed by atoms with Gasteiger partial charge in [0, 0.05) is 25.4 Å². The van der Waals surface area contributed by atoms with Crippen molar-refractivity contribution in [2.75, 3.05) is 6.54 Å². The van der Waals surface area contributed by atoms with Crippen LogP contribution < -0.4 is 0 Å². The van der Waals surface area contributed by atoms with E-state index in [2.05, 4.69) is 10.00 Å². The predicted octanol–water partition coefficient (Wildman–Crippen LogP) is 2.45. The van der Waals surface area contributed by atoms with Gasteiger partial charge in [-0.15, -0.1) is 0 Å². The van der Waals surface area contributed by atoms with Crippen LogP contribution in [0.5, 0.6) is 0 Å². The highest BCUT2D eigenvalue weighted by Gasteiger charge is 2.30. The Labute approximate surface area is 114 Å². The first kappa shape index (κ1) is 12.7. The zero-order valence-electron chi connectivity index (χ0n) is 11.5. The zero-order chi connectivity index (χ0) is 13.1. The van der Waals surface area contributed by atoms with Crippen LogP contribution in [0, 0.1) is 5.92 Å². The summed E-state index contributed by atoms with van der Waals surface area (Å²) in [4.78, 5) is 14.5. The van der Waals surface area contributed by atoms with E-state index < -0.39 is 0 Å². The highest BCUT2D eigenvalue weighted by Crippen LogP contribution is 2.29. The van der Waals surface area contributed by atoms with Gasteiger partial charge in [-0.2, -0.15) is 5.10 Å². The minimum Gasteiger partial charge on any atom is -0.338 e. The predicted molar refractivity (Wildman–Crippen MR) is 73.5 cm³/mol. The van der Waals surface area contributed by atoms with Crippen LogP contribution in [0.15, 0.2) is 18.5 Å². The Balaban J connectivity index is 1.57. The number of hydrogen-bond acceptors (Lipinski definition) is 2. The topological polar surface area (TPSA) is 38.1 Å². The van der Waals surface area contributed by atoms with Crippen LogP contribution in [-0.4, -0.2) is 33.2 Å². The Morgan fingerprint density at radius 2 is 2.05 bits per heavy atom. The van der Waals surface area contributed by atoms with Crippen LogP contribution in [0.1, 0.15) is 44.9 Å². The Hall–Kier alpha value is -1.32. The van der Waals surface area contributed by atoms with E-state index in [1.807, 2.05) is 16.9 Å². The van der Waals surface area contributed by atoms with Gasteiger partial charge in [0.05, 0.1) is 12.6 Å². The SMILES string of the molecule is O=C(CC1CCCC1)N1CCC[C@H]1Cn1cccn1. The van der Waals surface area contributed by atoms with Gasteiger partial charge in [0.25, 0.3) is 0 Å². The van der Waals surface area contributed by atoms with E-state index in [0.717, 1.165) is 32.4 Å². The molecule has 19 heavy (non-hydrogen) atoms. The van der Waals surface area contributed by atoms with Crippen molar-refractivity contribution in [3.63, 3.8) is 0 Å². The third kappa shape index (κ3) is 2.99. The van der Waals surface area contributed by atoms with Gasteiger partial charge < -0.3 is 4.90 Å². The van der Waals surface area contributed by atoms with Crippen molar-refractivity contribution in [3.05, 3.63) is 18.5 Å². The van der Waals surface area contributed by atoms with Crippen molar-refractivity contribution in [1.82, 2.24) is 14.7 Å². The molecule has 0 aromatic carbocycles. The molecular formula is C15H23N3O. The second-order valence-corrected chi connectivity index (χ2v) is 5.97. The van der Waals surface area contributed by atoms with E-state index in [-0.39, 0.29) is 0 Å². The number of aromatic nitrogens is 2. The van der Waals surface area contributed by atoms with Gasteiger partial charge in [-0.25, -0.2) is 0 Å². The molecule has 1 aliphatic heterocycles. The number of carbonyl (C=O) groups is 1. The molecular weight excluding hydrogens is 238 g/mol. The summed E-state index contributed by atoms with van der Waals surface area (Å²) < 4.78 is 1.95. The lowest BCUT2D eigenvalue weighted by Crippen LogP contribution is -2.38. The molecule has 2 fully saturated rings. The summed E-state index contributed by atoms with van der Waals surface area (Å²) in [6.07, 6.45) is 12.0. The Morgan fingerprint density at radius 3 is 2.79 bits per heavy atom. The molecule has 1 atom stereocenters. The van der Waals surface area contributed by atoms with Crippen molar-refractivity contribution in [3.8, 4) is 0 Å². The lowest BCUT2D eigenvalue weighted by atomic mass is 10.0. The monoisotopic (exact) mass is 261 g/mol. The largest absolute Gasteiger partial charge is 0.338 e. The van der Waals surface area contributed by atoms with Gasteiger partial charge in [-0.1, -0.05) is 12.8 Å². The smallest absolute Gasteiger partial charge is 0.223 e. The van der Waals surface area contributed by atoms with Gasteiger partial charge in [-0.05, 0) is 37.7 Å². The van der Waals surface area contributed by atoms with Gasteiger partial charge >= 0.3 is 0 Å². The van der Waals surface area contributed by atoms with E-state index in [1.54, 1.807) is 6.20 Å². The minimum atomic E-state index is 0.355. The molecule has 3 rings (SSSR count). The van der Waals surface area contributed by atoms with Crippen molar-refractivity contribution < 1.29 is 4.79 Å². The average molecular weight is 261 g/mol. The second kappa shape index (κ2) is 5.76. The maximum atomic E-state index is 12.4. The molecule has 0 radical (unpaired) electrons. The average Bonchev–Trinajstić information content (AvgIpc) is 3.10. The van der Waals surface area contributed by atoms with E-state index in [9.17, 15) is 4.79 Å². The van der Waals surface area contributed by atoms with E-state index in [4.69, 9.17) is 0 Å². The molecule has 2 heterocycles. The Bertz CT molecular complexity index is 409. The fraction of sp³-hybridized carbons (Fsp3) is 0.733. The Morgan fingerprint density at radius 1 is 1.21 bits per heavy atom. The van der Waals surface area contributed by atoms with Crippen LogP contribution in [-0.2, 0) is 11.3 Å². The minimum absolute atomic E-state index is 0.355. The molecule has 0 N–H and O–H groups in total. The third-order valence-electron chi connectivity index (χ3n) is 4.59. The molecule has 0 spiro atoms. The van der Waals surface area contributed by atoms with Gasteiger partial charge in [0.2, 0.25) is 5.91 Å². The van der Waals surface area contributed by atoms with Crippen LogP contribution in [0.2, 0.25) is 0 Å². The molecule has 1 aliphatic carbocycles. The number of rotatable bonds is 4. The van der Waals surface area contributed by atoms with Crippen molar-refractivity contribution >= 4 is 5.91 Å². The molecule has 1 amide bonds. The number of carbonyl (C=O) groups excluding carboxylic acids is 1. The van der Waals surface area contributed by atoms with Gasteiger partial charge in [-0.3, -0.25) is 9.48 Å². The number of hydrogen-bond donors (Lipinski definition) is 0. The summed E-state index contributed by atoms with van der Waals surface area (Å²) in [5.41, 5.74) is 0. The molecule has 0 bridgehead atoms. The molecule has 2 aliphatic rings. The van der Waals surface area contributed by atoms with Crippen molar-refractivity contribution in [2.45, 2.75) is 57.5 Å². The fourth-order valence-corrected chi connectivity index (χ4v) is 3.56. The summed E-state index contributed by atoms with van der Waals surface area (Å²) in [5.74, 6) is 1.03. The van der Waals surface area contributed by atoms with Crippen molar-refractivity contribution in [1.29, 1.82) is 0 Å². The maximum Gasteiger partial charge on any atom is 0.223 e. The quantitative estimate of drug-likeness (QED) is 0.835. The molecule has 0 unspecified atom stereocenters. The first-order valence-electron chi connectivity index (χ1n) is 7.60. The third-order valence-corrected chi connectivity index (χ3v) is 4.59. The molecule has 1 saturated heterocycles. The van der Waals surface area contributed by atoms with Crippen molar-refractivity contribution in [2.24, 2.45) is 5.92 Å². The van der Waals surface area contributed by atoms with E-state index >= 15 is 0 Å². The fourth-order valence-electron chi connectivity index (χ4n) is 3.56. The standard InChI is InChI=1S/C15H23N3O/c19-15(11-13-5-1-2-6-13)18-10-3-7-14(18)12-17-9-4-8-16-17/h4,8-9,13-14H,1-3,5-7,10-12H2/t14-/m0/s1. The normalized spacial score (nSPS) is 24.2. The maximum absolute atomic E-state index is 12.4. The zero-order valence-corrected chi connectivity index (χ0v) is 11.5. The molecule has 1 aromatic rings. The Kier molecular flexibility index (Phi) is 3.85. The van der Waals surface area contributed by atoms with Crippen LogP contribution >= 0.6 is 0 Å². The van der Waals surface area contributed by atoms with Crippen LogP contribution in [0.4, 0.5) is 0 Å². The summed E-state index contributed by atoms with van der Waals surface area (Å²) in [5, 5.41) is 4.26. The molecule has 4 heteroatoms. The molecule has 1 saturated carbocycles. The lowest BCUT2D eigenvalue weighted by molar-refractivity contribution is -0.133. The molecule has 104 valence electrons. The van der Waals surface area contributed by atoms with Crippen LogP contribution in [0.3, 0.4) is 0 Å². The summed E-state index contributed by atoms with van der Waals surface area (Å²) in [7, 11) is 0. The van der Waals surface area contributed by atoms with Gasteiger partial charge in [0.1, 0.15) is 0 Å². The first-order valence-corrected chi connectivity index (χ1v) is 7.60. The van der Waals surface area contributed by atoms with Gasteiger partial charge in [0.15, 0.2) is 0 Å². The molecule has 1 aromatic heterocycles. The summed E-state index contributed by atoms with van der Waals surface area (Å²) in [6, 6.07) is 2.30. The summed E-state index contributed by atoms with van der Waals surface area (Å²) in [6.45, 7) is 1.79. The van der Waals surface area contributed by atoms with E-state index in [0.29, 0.717) is 17.9 Å². The summed E-state index contributed by atoms with van der Waals surface area (Å²) >= 11 is 0. The number of likely N-dealkylation sites (tertiary alicyclic amines) is 1. The number of nitrogens with zero attached hydrogens (tertiary/aromatic N) is 3. The first-order chi connectivity index (χ1) is 9.33. The van der Waals surface area contributed by atoms with E-state index in [1.165, 1.54) is 25.7 Å². The highest BCUT2D eigenvalue weighted by molar-refractivity contribution is 5.77.